The van der Waals surface area contributed by atoms with Gasteiger partial charge in [0.25, 0.3) is 5.91 Å². The van der Waals surface area contributed by atoms with Gasteiger partial charge in [-0.15, -0.1) is 11.3 Å². The lowest BCUT2D eigenvalue weighted by molar-refractivity contribution is 0.0601. The number of aryl methyl sites for hydroxylation is 1. The number of aromatic nitrogens is 3. The van der Waals surface area contributed by atoms with E-state index in [2.05, 4.69) is 9.97 Å². The van der Waals surface area contributed by atoms with Crippen LogP contribution in [0.1, 0.15) is 41.6 Å². The fourth-order valence-corrected chi connectivity index (χ4v) is 6.39. The Morgan fingerprint density at radius 2 is 1.85 bits per heavy atom. The number of nitrogens with zero attached hydrogens (tertiary/aromatic N) is 3. The number of carbonyl (C=O) groups excluding carboxylic acids is 1. The average molecular weight is 567 g/mol. The molecule has 1 fully saturated rings. The van der Waals surface area contributed by atoms with Crippen LogP contribution in [0.25, 0.3) is 32.0 Å². The van der Waals surface area contributed by atoms with E-state index in [0.29, 0.717) is 34.3 Å². The van der Waals surface area contributed by atoms with Crippen LogP contribution in [0.3, 0.4) is 0 Å². The van der Waals surface area contributed by atoms with Gasteiger partial charge in [0.15, 0.2) is 11.6 Å². The number of hydrogen-bond acceptors (Lipinski definition) is 4. The Hall–Kier alpha value is -3.69. The highest BCUT2D eigenvalue weighted by Gasteiger charge is 2.45. The first-order valence-electron chi connectivity index (χ1n) is 12.4. The number of aromatic amines is 1. The van der Waals surface area contributed by atoms with Gasteiger partial charge in [0.1, 0.15) is 22.3 Å². The van der Waals surface area contributed by atoms with Crippen LogP contribution < -0.4 is 0 Å². The van der Waals surface area contributed by atoms with E-state index in [9.17, 15) is 18.0 Å². The van der Waals surface area contributed by atoms with E-state index in [1.807, 2.05) is 19.9 Å². The minimum absolute atomic E-state index is 0.0452. The Kier molecular flexibility index (Phi) is 6.23. The molecule has 198 valence electrons. The van der Waals surface area contributed by atoms with Crippen LogP contribution in [-0.2, 0) is 5.54 Å². The van der Waals surface area contributed by atoms with E-state index >= 15 is 0 Å². The topological polar surface area (TPSA) is 61.9 Å². The normalized spacial score (nSPS) is 17.3. The number of likely N-dealkylation sites (tertiary alicyclic amines) is 1. The monoisotopic (exact) mass is 566 g/mol. The summed E-state index contributed by atoms with van der Waals surface area (Å²) in [4.78, 5) is 29.1. The Balaban J connectivity index is 1.47. The lowest BCUT2D eigenvalue weighted by Gasteiger charge is -2.33. The summed E-state index contributed by atoms with van der Waals surface area (Å²) in [6.45, 7) is 4.30. The first-order chi connectivity index (χ1) is 18.7. The smallest absolute Gasteiger partial charge is 0.274 e. The molecule has 5 aromatic rings. The first kappa shape index (κ1) is 25.6. The minimum Gasteiger partial charge on any atom is -0.340 e. The zero-order valence-electron chi connectivity index (χ0n) is 21.0. The lowest BCUT2D eigenvalue weighted by atomic mass is 9.97. The number of imidazole rings is 1. The summed E-state index contributed by atoms with van der Waals surface area (Å²) in [5, 5.41) is 0.762. The van der Waals surface area contributed by atoms with Gasteiger partial charge in [0.2, 0.25) is 0 Å². The second-order valence-electron chi connectivity index (χ2n) is 9.79. The van der Waals surface area contributed by atoms with Gasteiger partial charge in [0, 0.05) is 17.1 Å². The third kappa shape index (κ3) is 4.20. The van der Waals surface area contributed by atoms with Crippen molar-refractivity contribution >= 4 is 39.9 Å². The highest BCUT2D eigenvalue weighted by atomic mass is 35.5. The standard InChI is InChI=1S/C29H22ClF3N4OS/c1-15-19(30)11-12-21-23(15)36-28(34-21)29(2)13-4-14-37(29)27(38)24-25(16-7-9-17(31)10-8-16)39-26(35-24)18-5-3-6-20(32)22(18)33/h3,5-12H,4,13-14H2,1-2H3,(H,34,36)/t29-/m0/s1. The number of benzene rings is 3. The van der Waals surface area contributed by atoms with Gasteiger partial charge in [-0.1, -0.05) is 29.8 Å². The van der Waals surface area contributed by atoms with Gasteiger partial charge >= 0.3 is 0 Å². The van der Waals surface area contributed by atoms with Crippen molar-refractivity contribution in [3.8, 4) is 21.0 Å². The molecule has 6 rings (SSSR count). The Bertz CT molecular complexity index is 1750. The van der Waals surface area contributed by atoms with E-state index in [-0.39, 0.29) is 22.2 Å². The van der Waals surface area contributed by atoms with Crippen molar-refractivity contribution < 1.29 is 18.0 Å². The van der Waals surface area contributed by atoms with Crippen LogP contribution >= 0.6 is 22.9 Å². The summed E-state index contributed by atoms with van der Waals surface area (Å²) in [6.07, 6.45) is 1.40. The van der Waals surface area contributed by atoms with Crippen LogP contribution in [0, 0.1) is 24.4 Å². The molecule has 2 aromatic heterocycles. The zero-order valence-corrected chi connectivity index (χ0v) is 22.6. The molecule has 3 heterocycles. The molecule has 0 radical (unpaired) electrons. The summed E-state index contributed by atoms with van der Waals surface area (Å²) in [7, 11) is 0. The Morgan fingerprint density at radius 1 is 1.08 bits per heavy atom. The van der Waals surface area contributed by atoms with Crippen molar-refractivity contribution in [1.29, 1.82) is 0 Å². The zero-order chi connectivity index (χ0) is 27.5. The Morgan fingerprint density at radius 3 is 2.62 bits per heavy atom. The average Bonchev–Trinajstić information content (AvgIpc) is 3.66. The molecule has 1 aliphatic heterocycles. The molecule has 1 saturated heterocycles. The van der Waals surface area contributed by atoms with Crippen LogP contribution in [0.15, 0.2) is 54.6 Å². The van der Waals surface area contributed by atoms with Gasteiger partial charge < -0.3 is 9.88 Å². The number of H-pyrrole nitrogens is 1. The van der Waals surface area contributed by atoms with Crippen LogP contribution in [0.2, 0.25) is 5.02 Å². The van der Waals surface area contributed by atoms with Crippen molar-refractivity contribution in [3.63, 3.8) is 0 Å². The third-order valence-corrected chi connectivity index (χ3v) is 8.90. The fourth-order valence-electron chi connectivity index (χ4n) is 5.15. The van der Waals surface area contributed by atoms with Gasteiger partial charge in [-0.25, -0.2) is 23.1 Å². The number of thiazole rings is 1. The molecule has 0 bridgehead atoms. The number of hydrogen-bond donors (Lipinski definition) is 1. The minimum atomic E-state index is -1.04. The molecule has 10 heteroatoms. The molecule has 0 spiro atoms. The van der Waals surface area contributed by atoms with E-state index in [1.165, 1.54) is 24.3 Å². The molecule has 0 aliphatic carbocycles. The number of amides is 1. The van der Waals surface area contributed by atoms with Crippen LogP contribution in [0.5, 0.6) is 0 Å². The molecule has 1 atom stereocenters. The number of carbonyl (C=O) groups is 1. The van der Waals surface area contributed by atoms with Crippen LogP contribution in [-0.4, -0.2) is 32.3 Å². The lowest BCUT2D eigenvalue weighted by Crippen LogP contribution is -2.44. The fraction of sp³-hybridized carbons (Fsp3) is 0.207. The molecule has 1 amide bonds. The predicted molar refractivity (Wildman–Crippen MR) is 146 cm³/mol. The van der Waals surface area contributed by atoms with Gasteiger partial charge in [-0.05, 0) is 74.2 Å². The molecule has 3 aromatic carbocycles. The third-order valence-electron chi connectivity index (χ3n) is 7.36. The van der Waals surface area contributed by atoms with Crippen LogP contribution in [0.4, 0.5) is 13.2 Å². The number of nitrogens with one attached hydrogen (secondary N) is 1. The second kappa shape index (κ2) is 9.50. The van der Waals surface area contributed by atoms with Gasteiger partial charge in [0.05, 0.1) is 21.4 Å². The van der Waals surface area contributed by atoms with Gasteiger partial charge in [-0.3, -0.25) is 4.79 Å². The SMILES string of the molecule is Cc1c(Cl)ccc2[nH]c([C@]3(C)CCCN3C(=O)c3nc(-c4cccc(F)c4F)sc3-c3ccc(F)cc3)nc12. The molecule has 5 nitrogen and oxygen atoms in total. The van der Waals surface area contributed by atoms with E-state index in [4.69, 9.17) is 16.6 Å². The first-order valence-corrected chi connectivity index (χ1v) is 13.6. The highest BCUT2D eigenvalue weighted by molar-refractivity contribution is 7.18. The molecule has 39 heavy (non-hydrogen) atoms. The number of rotatable bonds is 4. The maximum Gasteiger partial charge on any atom is 0.274 e. The van der Waals surface area contributed by atoms with Gasteiger partial charge in [-0.2, -0.15) is 0 Å². The maximum absolute atomic E-state index is 14.7. The summed E-state index contributed by atoms with van der Waals surface area (Å²) < 4.78 is 42.5. The Labute approximate surface area is 231 Å². The number of fused-ring (bicyclic) bond motifs is 1. The predicted octanol–water partition coefficient (Wildman–Crippen LogP) is 7.88. The van der Waals surface area contributed by atoms with E-state index in [0.717, 1.165) is 40.4 Å². The van der Waals surface area contributed by atoms with Crippen molar-refractivity contribution in [2.45, 2.75) is 32.2 Å². The molecular formula is C29H22ClF3N4OS. The van der Waals surface area contributed by atoms with Crippen molar-refractivity contribution in [1.82, 2.24) is 19.9 Å². The summed E-state index contributed by atoms with van der Waals surface area (Å²) in [6, 6.07) is 13.2. The van der Waals surface area contributed by atoms with Crippen molar-refractivity contribution in [3.05, 3.63) is 94.2 Å². The van der Waals surface area contributed by atoms with E-state index < -0.39 is 23.0 Å². The molecular weight excluding hydrogens is 545 g/mol. The summed E-state index contributed by atoms with van der Waals surface area (Å²) >= 11 is 7.37. The maximum atomic E-state index is 14.7. The van der Waals surface area contributed by atoms with Crippen molar-refractivity contribution in [2.24, 2.45) is 0 Å². The number of halogens is 4. The molecule has 1 aliphatic rings. The van der Waals surface area contributed by atoms with Crippen molar-refractivity contribution in [2.75, 3.05) is 6.54 Å². The summed E-state index contributed by atoms with van der Waals surface area (Å²) in [5.74, 6) is -2.23. The molecule has 0 unspecified atom stereocenters. The highest BCUT2D eigenvalue weighted by Crippen LogP contribution is 2.43. The summed E-state index contributed by atoms with van der Waals surface area (Å²) in [5.41, 5.74) is 2.22. The molecule has 0 saturated carbocycles. The molecule has 1 N–H and O–H groups in total. The largest absolute Gasteiger partial charge is 0.340 e. The quantitative estimate of drug-likeness (QED) is 0.241. The second-order valence-corrected chi connectivity index (χ2v) is 11.2. The van der Waals surface area contributed by atoms with E-state index in [1.54, 1.807) is 23.1 Å².